The van der Waals surface area contributed by atoms with Crippen molar-refractivity contribution in [2.75, 3.05) is 0 Å². The fourth-order valence-corrected chi connectivity index (χ4v) is 1.59. The van der Waals surface area contributed by atoms with Gasteiger partial charge in [-0.3, -0.25) is 4.57 Å². The van der Waals surface area contributed by atoms with Gasteiger partial charge in [0.25, 0.3) is 0 Å². The van der Waals surface area contributed by atoms with Gasteiger partial charge < -0.3 is 5.11 Å². The Labute approximate surface area is 94.6 Å². The summed E-state index contributed by atoms with van der Waals surface area (Å²) in [4.78, 5) is 8.56. The van der Waals surface area contributed by atoms with E-state index >= 15 is 0 Å². The van der Waals surface area contributed by atoms with Crippen molar-refractivity contribution in [2.24, 2.45) is 0 Å². The monoisotopic (exact) mass is 217 g/mol. The van der Waals surface area contributed by atoms with Crippen LogP contribution in [0.15, 0.2) is 30.7 Å². The fourth-order valence-electron chi connectivity index (χ4n) is 1.59. The van der Waals surface area contributed by atoms with Gasteiger partial charge in [0.1, 0.15) is 11.6 Å². The average Bonchev–Trinajstić information content (AvgIpc) is 2.77. The van der Waals surface area contributed by atoms with Gasteiger partial charge in [-0.1, -0.05) is 13.0 Å². The van der Waals surface area contributed by atoms with Crippen molar-refractivity contribution in [2.45, 2.75) is 26.4 Å². The number of hydrogen-bond acceptors (Lipinski definition) is 3. The first-order valence-corrected chi connectivity index (χ1v) is 5.39. The first kappa shape index (κ1) is 10.8. The van der Waals surface area contributed by atoms with E-state index in [2.05, 4.69) is 16.9 Å². The van der Waals surface area contributed by atoms with Crippen molar-refractivity contribution in [3.05, 3.63) is 42.1 Å². The Kier molecular flexibility index (Phi) is 3.01. The first-order valence-electron chi connectivity index (χ1n) is 5.39. The lowest BCUT2D eigenvalue weighted by Gasteiger charge is -2.07. The predicted molar refractivity (Wildman–Crippen MR) is 61.4 cm³/mol. The van der Waals surface area contributed by atoms with Crippen LogP contribution in [0.3, 0.4) is 0 Å². The lowest BCUT2D eigenvalue weighted by Crippen LogP contribution is -2.02. The van der Waals surface area contributed by atoms with E-state index in [0.29, 0.717) is 0 Å². The highest BCUT2D eigenvalue weighted by Gasteiger charge is 2.05. The maximum absolute atomic E-state index is 9.39. The largest absolute Gasteiger partial charge is 0.389 e. The lowest BCUT2D eigenvalue weighted by molar-refractivity contribution is 0.199. The second-order valence-corrected chi connectivity index (χ2v) is 3.69. The van der Waals surface area contributed by atoms with Gasteiger partial charge in [-0.15, -0.1) is 0 Å². The molecule has 0 aliphatic carbocycles. The van der Waals surface area contributed by atoms with E-state index in [9.17, 15) is 5.11 Å². The topological polar surface area (TPSA) is 50.9 Å². The molecule has 0 aliphatic heterocycles. The predicted octanol–water partition coefficient (Wildman–Crippen LogP) is 1.88. The summed E-state index contributed by atoms with van der Waals surface area (Å²) in [7, 11) is 0. The summed E-state index contributed by atoms with van der Waals surface area (Å²) in [5.74, 6) is 1.82. The smallest absolute Gasteiger partial charge is 0.138 e. The normalized spacial score (nSPS) is 12.7. The van der Waals surface area contributed by atoms with E-state index in [0.717, 1.165) is 23.6 Å². The number of hydrogen-bond donors (Lipinski definition) is 1. The molecule has 16 heavy (non-hydrogen) atoms. The number of imidazole rings is 1. The first-order chi connectivity index (χ1) is 7.72. The van der Waals surface area contributed by atoms with Crippen LogP contribution in [0.5, 0.6) is 0 Å². The minimum atomic E-state index is -0.477. The third-order valence-electron chi connectivity index (χ3n) is 2.53. The number of aliphatic hydroxyl groups is 1. The maximum Gasteiger partial charge on any atom is 0.138 e. The molecule has 0 unspecified atom stereocenters. The summed E-state index contributed by atoms with van der Waals surface area (Å²) in [6.45, 7) is 3.79. The van der Waals surface area contributed by atoms with Crippen LogP contribution in [0.1, 0.15) is 31.3 Å². The van der Waals surface area contributed by atoms with Gasteiger partial charge in [0.05, 0.1) is 6.10 Å². The molecular formula is C12H15N3O. The lowest BCUT2D eigenvalue weighted by atomic mass is 10.2. The molecule has 4 heteroatoms. The third-order valence-corrected chi connectivity index (χ3v) is 2.53. The van der Waals surface area contributed by atoms with Crippen LogP contribution in [-0.2, 0) is 6.42 Å². The standard InChI is InChI=1S/C12H15N3O/c1-3-11-13-6-7-15(11)12-5-4-10(8-14-12)9(2)16/h4-9,16H,3H2,1-2H3/t9-/m1/s1. The van der Waals surface area contributed by atoms with E-state index < -0.39 is 6.10 Å². The zero-order valence-corrected chi connectivity index (χ0v) is 9.46. The molecule has 1 atom stereocenters. The molecule has 1 N–H and O–H groups in total. The summed E-state index contributed by atoms with van der Waals surface area (Å²) in [5, 5.41) is 9.39. The zero-order chi connectivity index (χ0) is 11.5. The van der Waals surface area contributed by atoms with Crippen molar-refractivity contribution >= 4 is 0 Å². The van der Waals surface area contributed by atoms with Gasteiger partial charge in [-0.25, -0.2) is 9.97 Å². The van der Waals surface area contributed by atoms with Crippen molar-refractivity contribution in [1.82, 2.24) is 14.5 Å². The Morgan fingerprint density at radius 3 is 2.75 bits per heavy atom. The van der Waals surface area contributed by atoms with Crippen LogP contribution in [0.4, 0.5) is 0 Å². The highest BCUT2D eigenvalue weighted by Crippen LogP contribution is 2.13. The second-order valence-electron chi connectivity index (χ2n) is 3.69. The second kappa shape index (κ2) is 4.45. The summed E-state index contributed by atoms with van der Waals surface area (Å²) in [6.07, 6.45) is 5.74. The molecule has 4 nitrogen and oxygen atoms in total. The van der Waals surface area contributed by atoms with E-state index in [1.807, 2.05) is 22.9 Å². The number of nitrogens with zero attached hydrogens (tertiary/aromatic N) is 3. The van der Waals surface area contributed by atoms with Gasteiger partial charge in [-0.05, 0) is 18.6 Å². The molecule has 2 aromatic rings. The van der Waals surface area contributed by atoms with E-state index in [1.54, 1.807) is 19.3 Å². The number of aryl methyl sites for hydroxylation is 1. The summed E-state index contributed by atoms with van der Waals surface area (Å²) in [5.41, 5.74) is 0.821. The Hall–Kier alpha value is -1.68. The Morgan fingerprint density at radius 1 is 1.38 bits per heavy atom. The summed E-state index contributed by atoms with van der Waals surface area (Å²) >= 11 is 0. The van der Waals surface area contributed by atoms with Crippen LogP contribution >= 0.6 is 0 Å². The molecule has 0 bridgehead atoms. The molecule has 2 rings (SSSR count). The van der Waals surface area contributed by atoms with Crippen LogP contribution < -0.4 is 0 Å². The molecule has 0 fully saturated rings. The average molecular weight is 217 g/mol. The van der Waals surface area contributed by atoms with Crippen LogP contribution in [0.2, 0.25) is 0 Å². The molecule has 0 spiro atoms. The third kappa shape index (κ3) is 1.97. The number of aliphatic hydroxyl groups excluding tert-OH is 1. The summed E-state index contributed by atoms with van der Waals surface area (Å²) < 4.78 is 1.95. The van der Waals surface area contributed by atoms with E-state index in [1.165, 1.54) is 0 Å². The molecular weight excluding hydrogens is 202 g/mol. The minimum absolute atomic E-state index is 0.477. The van der Waals surface area contributed by atoms with Crippen LogP contribution in [0, 0.1) is 0 Å². The van der Waals surface area contributed by atoms with Gasteiger partial charge in [-0.2, -0.15) is 0 Å². The van der Waals surface area contributed by atoms with Crippen molar-refractivity contribution in [1.29, 1.82) is 0 Å². The Bertz CT molecular complexity index is 459. The van der Waals surface area contributed by atoms with Crippen LogP contribution in [-0.4, -0.2) is 19.6 Å². The molecule has 0 radical (unpaired) electrons. The Morgan fingerprint density at radius 2 is 2.19 bits per heavy atom. The molecule has 0 aliphatic rings. The van der Waals surface area contributed by atoms with Crippen molar-refractivity contribution in [3.8, 4) is 5.82 Å². The minimum Gasteiger partial charge on any atom is -0.389 e. The molecule has 2 aromatic heterocycles. The fraction of sp³-hybridized carbons (Fsp3) is 0.333. The maximum atomic E-state index is 9.39. The molecule has 0 aromatic carbocycles. The molecule has 0 saturated carbocycles. The number of pyridine rings is 1. The SMILES string of the molecule is CCc1nccn1-c1ccc([C@@H](C)O)cn1. The summed E-state index contributed by atoms with van der Waals surface area (Å²) in [6, 6.07) is 3.77. The molecule has 84 valence electrons. The highest BCUT2D eigenvalue weighted by atomic mass is 16.3. The number of rotatable bonds is 3. The van der Waals surface area contributed by atoms with Crippen LogP contribution in [0.25, 0.3) is 5.82 Å². The van der Waals surface area contributed by atoms with Crippen molar-refractivity contribution < 1.29 is 5.11 Å². The van der Waals surface area contributed by atoms with Gasteiger partial charge >= 0.3 is 0 Å². The quantitative estimate of drug-likeness (QED) is 0.854. The van der Waals surface area contributed by atoms with Gasteiger partial charge in [0.2, 0.25) is 0 Å². The number of aromatic nitrogens is 3. The van der Waals surface area contributed by atoms with E-state index in [-0.39, 0.29) is 0 Å². The molecule has 0 saturated heterocycles. The van der Waals surface area contributed by atoms with Gasteiger partial charge in [0.15, 0.2) is 0 Å². The Balaban J connectivity index is 2.35. The van der Waals surface area contributed by atoms with Gasteiger partial charge in [0, 0.05) is 25.0 Å². The zero-order valence-electron chi connectivity index (χ0n) is 9.46. The van der Waals surface area contributed by atoms with E-state index in [4.69, 9.17) is 0 Å². The molecule has 0 amide bonds. The van der Waals surface area contributed by atoms with Crippen molar-refractivity contribution in [3.63, 3.8) is 0 Å². The highest BCUT2D eigenvalue weighted by molar-refractivity contribution is 5.28. The molecule has 2 heterocycles.